The lowest BCUT2D eigenvalue weighted by molar-refractivity contribution is -0.127. The Kier molecular flexibility index (Phi) is 2.89. The number of likely N-dealkylation sites (N-methyl/N-ethyl adjacent to an activating group) is 1. The van der Waals surface area contributed by atoms with Gasteiger partial charge in [-0.3, -0.25) is 4.79 Å². The Morgan fingerprint density at radius 1 is 1.18 bits per heavy atom. The molecule has 0 spiro atoms. The van der Waals surface area contributed by atoms with E-state index in [-0.39, 0.29) is 11.9 Å². The lowest BCUT2D eigenvalue weighted by Gasteiger charge is -2.56. The Morgan fingerprint density at radius 3 is 2.12 bits per heavy atom. The fraction of sp³-hybridized carbons (Fsp3) is 0.929. The number of primary amides is 1. The largest absolute Gasteiger partial charge is 0.368 e. The zero-order chi connectivity index (χ0) is 12.0. The molecule has 4 aliphatic carbocycles. The highest BCUT2D eigenvalue weighted by atomic mass is 16.1. The molecule has 4 rings (SSSR count). The second-order valence-corrected chi connectivity index (χ2v) is 6.45. The Balaban J connectivity index is 1.80. The highest BCUT2D eigenvalue weighted by Gasteiger charge is 2.51. The zero-order valence-corrected chi connectivity index (χ0v) is 10.7. The van der Waals surface area contributed by atoms with Gasteiger partial charge in [0.25, 0.3) is 0 Å². The maximum atomic E-state index is 11.7. The molecule has 0 heterocycles. The van der Waals surface area contributed by atoms with Crippen molar-refractivity contribution in [1.29, 1.82) is 0 Å². The molecule has 1 atom stereocenters. The molecule has 0 aromatic carbocycles. The summed E-state index contributed by atoms with van der Waals surface area (Å²) in [5.74, 6) is 3.85. The number of carbonyl (C=O) groups excluding carboxylic acids is 1. The Labute approximate surface area is 104 Å². The van der Waals surface area contributed by atoms with Gasteiger partial charge in [-0.05, 0) is 68.2 Å². The van der Waals surface area contributed by atoms with Crippen molar-refractivity contribution in [1.82, 2.24) is 5.32 Å². The van der Waals surface area contributed by atoms with Gasteiger partial charge in [0.15, 0.2) is 0 Å². The summed E-state index contributed by atoms with van der Waals surface area (Å²) in [4.78, 5) is 11.7. The molecule has 0 aromatic rings. The van der Waals surface area contributed by atoms with Crippen molar-refractivity contribution in [2.24, 2.45) is 35.3 Å². The van der Waals surface area contributed by atoms with Crippen LogP contribution in [0.5, 0.6) is 0 Å². The molecule has 4 bridgehead atoms. The summed E-state index contributed by atoms with van der Waals surface area (Å²) in [5, 5.41) is 3.34. The monoisotopic (exact) mass is 236 g/mol. The van der Waals surface area contributed by atoms with Crippen LogP contribution in [0.15, 0.2) is 0 Å². The molecule has 3 heteroatoms. The predicted octanol–water partition coefficient (Wildman–Crippen LogP) is 1.52. The van der Waals surface area contributed by atoms with Gasteiger partial charge in [-0.25, -0.2) is 0 Å². The molecular formula is C14H24N2O. The van der Waals surface area contributed by atoms with E-state index in [0.717, 1.165) is 30.2 Å². The van der Waals surface area contributed by atoms with Gasteiger partial charge in [0.2, 0.25) is 5.91 Å². The van der Waals surface area contributed by atoms with E-state index < -0.39 is 0 Å². The third-order valence-corrected chi connectivity index (χ3v) is 5.42. The quantitative estimate of drug-likeness (QED) is 0.777. The van der Waals surface area contributed by atoms with E-state index >= 15 is 0 Å². The van der Waals surface area contributed by atoms with Gasteiger partial charge in [-0.2, -0.15) is 0 Å². The van der Waals surface area contributed by atoms with E-state index in [1.807, 2.05) is 0 Å². The SMILES string of the molecule is CCNC(C(N)=O)C1C2CC3CC(C2)CC1C3. The minimum absolute atomic E-state index is 0.0741. The summed E-state index contributed by atoms with van der Waals surface area (Å²) in [5.41, 5.74) is 5.60. The number of amides is 1. The number of rotatable bonds is 4. The topological polar surface area (TPSA) is 55.1 Å². The average Bonchev–Trinajstić information content (AvgIpc) is 2.26. The fourth-order valence-electron chi connectivity index (χ4n) is 5.16. The van der Waals surface area contributed by atoms with Crippen molar-refractivity contribution in [3.8, 4) is 0 Å². The Bertz CT molecular complexity index is 287. The minimum atomic E-state index is -0.135. The van der Waals surface area contributed by atoms with Gasteiger partial charge in [-0.1, -0.05) is 6.92 Å². The molecule has 1 unspecified atom stereocenters. The summed E-state index contributed by atoms with van der Waals surface area (Å²) in [6.45, 7) is 2.91. The number of hydrogen-bond acceptors (Lipinski definition) is 2. The van der Waals surface area contributed by atoms with E-state index in [1.54, 1.807) is 0 Å². The molecule has 4 saturated carbocycles. The van der Waals surface area contributed by atoms with Gasteiger partial charge < -0.3 is 11.1 Å². The van der Waals surface area contributed by atoms with Crippen LogP contribution in [0.2, 0.25) is 0 Å². The zero-order valence-electron chi connectivity index (χ0n) is 10.7. The molecule has 1 amide bonds. The van der Waals surface area contributed by atoms with Crippen LogP contribution in [-0.2, 0) is 4.79 Å². The van der Waals surface area contributed by atoms with Crippen LogP contribution >= 0.6 is 0 Å². The highest BCUT2D eigenvalue weighted by molar-refractivity contribution is 5.80. The van der Waals surface area contributed by atoms with Crippen molar-refractivity contribution in [2.75, 3.05) is 6.54 Å². The maximum Gasteiger partial charge on any atom is 0.234 e. The van der Waals surface area contributed by atoms with Gasteiger partial charge in [0, 0.05) is 0 Å². The fourth-order valence-corrected chi connectivity index (χ4v) is 5.16. The summed E-state index contributed by atoms with van der Waals surface area (Å²) in [7, 11) is 0. The molecule has 0 radical (unpaired) electrons. The Morgan fingerprint density at radius 2 is 1.71 bits per heavy atom. The lowest BCUT2D eigenvalue weighted by Crippen LogP contribution is -2.57. The normalized spacial score (nSPS) is 44.9. The highest BCUT2D eigenvalue weighted by Crippen LogP contribution is 2.57. The molecule has 0 saturated heterocycles. The number of nitrogens with two attached hydrogens (primary N) is 1. The van der Waals surface area contributed by atoms with Crippen molar-refractivity contribution >= 4 is 5.91 Å². The average molecular weight is 236 g/mol. The van der Waals surface area contributed by atoms with Crippen molar-refractivity contribution < 1.29 is 4.79 Å². The molecule has 4 fully saturated rings. The molecule has 4 aliphatic rings. The van der Waals surface area contributed by atoms with Crippen LogP contribution in [0.4, 0.5) is 0 Å². The van der Waals surface area contributed by atoms with E-state index in [0.29, 0.717) is 5.92 Å². The van der Waals surface area contributed by atoms with Gasteiger partial charge in [-0.15, -0.1) is 0 Å². The molecular weight excluding hydrogens is 212 g/mol. The molecule has 0 aliphatic heterocycles. The standard InChI is InChI=1S/C14H24N2O/c1-2-16-13(14(15)17)12-10-4-8-3-9(6-10)7-11(12)5-8/h8-13,16H,2-7H2,1H3,(H2,15,17). The number of nitrogens with one attached hydrogen (secondary N) is 1. The van der Waals surface area contributed by atoms with Crippen molar-refractivity contribution in [2.45, 2.75) is 45.1 Å². The molecule has 3 N–H and O–H groups in total. The third kappa shape index (κ3) is 1.88. The first-order valence-corrected chi connectivity index (χ1v) is 7.21. The summed E-state index contributed by atoms with van der Waals surface area (Å²) in [6, 6.07) is -0.0741. The van der Waals surface area contributed by atoms with Crippen LogP contribution in [0.3, 0.4) is 0 Å². The maximum absolute atomic E-state index is 11.7. The van der Waals surface area contributed by atoms with Crippen molar-refractivity contribution in [3.05, 3.63) is 0 Å². The summed E-state index contributed by atoms with van der Waals surface area (Å²) >= 11 is 0. The van der Waals surface area contributed by atoms with E-state index in [4.69, 9.17) is 5.73 Å². The third-order valence-electron chi connectivity index (χ3n) is 5.42. The first-order valence-electron chi connectivity index (χ1n) is 7.21. The number of hydrogen-bond donors (Lipinski definition) is 2. The van der Waals surface area contributed by atoms with Crippen LogP contribution in [-0.4, -0.2) is 18.5 Å². The summed E-state index contributed by atoms with van der Waals surface area (Å²) in [6.07, 6.45) is 6.88. The van der Waals surface area contributed by atoms with Crippen LogP contribution in [0.1, 0.15) is 39.0 Å². The number of carbonyl (C=O) groups is 1. The minimum Gasteiger partial charge on any atom is -0.368 e. The molecule has 3 nitrogen and oxygen atoms in total. The van der Waals surface area contributed by atoms with Crippen LogP contribution < -0.4 is 11.1 Å². The first-order chi connectivity index (χ1) is 8.19. The van der Waals surface area contributed by atoms with Gasteiger partial charge >= 0.3 is 0 Å². The predicted molar refractivity (Wildman–Crippen MR) is 67.2 cm³/mol. The summed E-state index contributed by atoms with van der Waals surface area (Å²) < 4.78 is 0. The second kappa shape index (κ2) is 4.27. The first kappa shape index (κ1) is 11.5. The van der Waals surface area contributed by atoms with Crippen LogP contribution in [0, 0.1) is 29.6 Å². The lowest BCUT2D eigenvalue weighted by atomic mass is 9.50. The molecule has 96 valence electrons. The second-order valence-electron chi connectivity index (χ2n) is 6.45. The van der Waals surface area contributed by atoms with E-state index in [9.17, 15) is 4.79 Å². The smallest absolute Gasteiger partial charge is 0.234 e. The van der Waals surface area contributed by atoms with E-state index in [1.165, 1.54) is 32.1 Å². The molecule has 0 aromatic heterocycles. The van der Waals surface area contributed by atoms with Gasteiger partial charge in [0.05, 0.1) is 6.04 Å². The van der Waals surface area contributed by atoms with Crippen molar-refractivity contribution in [3.63, 3.8) is 0 Å². The van der Waals surface area contributed by atoms with Gasteiger partial charge in [0.1, 0.15) is 0 Å². The van der Waals surface area contributed by atoms with E-state index in [2.05, 4.69) is 12.2 Å². The van der Waals surface area contributed by atoms with Crippen LogP contribution in [0.25, 0.3) is 0 Å². The Hall–Kier alpha value is -0.570. The molecule has 17 heavy (non-hydrogen) atoms.